The van der Waals surface area contributed by atoms with Crippen LogP contribution in [-0.2, 0) is 28.0 Å². The number of ether oxygens (including phenoxy) is 3. The standard InChI is InChI=1S/C43H25BN4O3.Pt/c1-46-26-47(35-19-5-4-18-34(35)46)27-11-8-13-29(23-27)49-30-14-9-12-28(24-30)48-36-25-39-41-42(40(36)31-15-10-22-45-43(31)48)51-38-21-7-3-17-33(38)44(41)32-16-2-6-20-37(32)50-39;/h2-22,25H,1H3;/q-2;/i1D3;. The molecule has 2 aliphatic heterocycles. The van der Waals surface area contributed by atoms with Gasteiger partial charge in [-0.15, -0.1) is 30.3 Å². The van der Waals surface area contributed by atoms with Crippen LogP contribution in [0.3, 0.4) is 0 Å². The SMILES string of the molecule is [2H]C([2H])([2H])[n+]1[c-]n(-c2[c-]c(Oc3[c-]c(-n4c5cc6c7c(c5c5cccnc54)Oc4ccccc4B7c4ccccc4O6)ccc3)ccc2)c2ccccc21.[Pt]. The molecule has 3 aromatic heterocycles. The molecule has 0 bridgehead atoms. The van der Waals surface area contributed by atoms with E-state index in [1.54, 1.807) is 29.0 Å². The zero-order valence-electron chi connectivity index (χ0n) is 30.1. The van der Waals surface area contributed by atoms with Gasteiger partial charge in [-0.2, -0.15) is 18.2 Å². The molecule has 6 aromatic carbocycles. The van der Waals surface area contributed by atoms with Crippen LogP contribution in [0.5, 0.6) is 34.5 Å². The summed E-state index contributed by atoms with van der Waals surface area (Å²) in [4.78, 5) is 4.87. The van der Waals surface area contributed by atoms with Gasteiger partial charge >= 0.3 is 0 Å². The molecule has 52 heavy (non-hydrogen) atoms. The van der Waals surface area contributed by atoms with Gasteiger partial charge in [0.05, 0.1) is 33.0 Å². The van der Waals surface area contributed by atoms with Gasteiger partial charge in [0.15, 0.2) is 0 Å². The molecular formula is C43H25BN4O3Pt-2. The third-order valence-electron chi connectivity index (χ3n) is 9.72. The van der Waals surface area contributed by atoms with Crippen molar-refractivity contribution in [3.8, 4) is 45.9 Å². The number of hydrogen-bond acceptors (Lipinski definition) is 4. The molecule has 0 N–H and O–H groups in total. The molecular weight excluding hydrogens is 826 g/mol. The number of hydrogen-bond donors (Lipinski definition) is 0. The third-order valence-corrected chi connectivity index (χ3v) is 9.72. The molecule has 2 aliphatic rings. The number of para-hydroxylation sites is 4. The van der Waals surface area contributed by atoms with Crippen LogP contribution < -0.4 is 35.2 Å². The molecule has 9 heteroatoms. The van der Waals surface area contributed by atoms with Crippen LogP contribution >= 0.6 is 0 Å². The largest absolute Gasteiger partial charge is 0.510 e. The zero-order chi connectivity index (χ0) is 36.1. The van der Waals surface area contributed by atoms with Crippen molar-refractivity contribution in [1.29, 1.82) is 0 Å². The summed E-state index contributed by atoms with van der Waals surface area (Å²) in [6, 6.07) is 47.7. The molecule has 0 amide bonds. The van der Waals surface area contributed by atoms with Gasteiger partial charge in [-0.1, -0.05) is 72.0 Å². The predicted molar refractivity (Wildman–Crippen MR) is 197 cm³/mol. The van der Waals surface area contributed by atoms with E-state index in [0.717, 1.165) is 61.3 Å². The summed E-state index contributed by atoms with van der Waals surface area (Å²) in [6.45, 7) is -2.46. The Morgan fingerprint density at radius 2 is 1.44 bits per heavy atom. The second-order valence-electron chi connectivity index (χ2n) is 12.6. The minimum Gasteiger partial charge on any atom is -0.510 e. The maximum absolute atomic E-state index is 8.03. The zero-order valence-corrected chi connectivity index (χ0v) is 29.4. The number of aryl methyl sites for hydroxylation is 1. The van der Waals surface area contributed by atoms with Gasteiger partial charge in [-0.3, -0.25) is 0 Å². The first-order chi connectivity index (χ1) is 26.4. The van der Waals surface area contributed by atoms with Crippen LogP contribution in [-0.4, -0.2) is 20.8 Å². The normalized spacial score (nSPS) is 13.5. The van der Waals surface area contributed by atoms with Gasteiger partial charge < -0.3 is 27.9 Å². The molecule has 9 aromatic rings. The molecule has 0 saturated carbocycles. The minimum absolute atomic E-state index is 0. The third kappa shape index (κ3) is 4.50. The molecule has 11 rings (SSSR count). The number of imidazole rings is 1. The average Bonchev–Trinajstić information content (AvgIpc) is 3.75. The number of benzene rings is 6. The van der Waals surface area contributed by atoms with E-state index < -0.39 is 6.98 Å². The van der Waals surface area contributed by atoms with Crippen LogP contribution in [0.2, 0.25) is 0 Å². The Labute approximate surface area is 317 Å². The summed E-state index contributed by atoms with van der Waals surface area (Å²) < 4.78 is 48.8. The Kier molecular flexibility index (Phi) is 6.22. The maximum Gasteiger partial charge on any atom is 0.260 e. The van der Waals surface area contributed by atoms with Crippen LogP contribution in [0.25, 0.3) is 44.3 Å². The summed E-state index contributed by atoms with van der Waals surface area (Å²) in [5.74, 6) is 4.00. The Morgan fingerprint density at radius 1 is 0.731 bits per heavy atom. The Bertz CT molecular complexity index is 3010. The van der Waals surface area contributed by atoms with Crippen molar-refractivity contribution in [2.45, 2.75) is 0 Å². The van der Waals surface area contributed by atoms with Crippen LogP contribution in [0.4, 0.5) is 0 Å². The van der Waals surface area contributed by atoms with Crippen molar-refractivity contribution < 1.29 is 44.0 Å². The molecule has 0 fully saturated rings. The van der Waals surface area contributed by atoms with Gasteiger partial charge in [-0.05, 0) is 35.2 Å². The summed E-state index contributed by atoms with van der Waals surface area (Å²) in [6.07, 6.45) is 4.78. The van der Waals surface area contributed by atoms with Crippen LogP contribution in [0.15, 0.2) is 134 Å². The summed E-state index contributed by atoms with van der Waals surface area (Å²) in [5, 5.41) is 1.87. The molecule has 0 aliphatic carbocycles. The van der Waals surface area contributed by atoms with Gasteiger partial charge in [-0.25, -0.2) is 4.98 Å². The van der Waals surface area contributed by atoms with E-state index in [0.29, 0.717) is 33.9 Å². The number of aromatic nitrogens is 4. The number of nitrogens with zero attached hydrogens (tertiary/aromatic N) is 4. The quantitative estimate of drug-likeness (QED) is 0.110. The van der Waals surface area contributed by atoms with E-state index in [2.05, 4.69) is 59.4 Å². The Balaban J connectivity index is 0.00000372. The first-order valence-corrected chi connectivity index (χ1v) is 16.6. The second kappa shape index (κ2) is 11.7. The van der Waals surface area contributed by atoms with E-state index in [4.69, 9.17) is 23.3 Å². The van der Waals surface area contributed by atoms with Gasteiger partial charge in [0, 0.05) is 55.7 Å². The van der Waals surface area contributed by atoms with Crippen molar-refractivity contribution in [3.63, 3.8) is 0 Å². The molecule has 0 radical (unpaired) electrons. The molecule has 0 atom stereocenters. The van der Waals surface area contributed by atoms with Gasteiger partial charge in [0.1, 0.15) is 28.6 Å². The van der Waals surface area contributed by atoms with Gasteiger partial charge in [0.25, 0.3) is 6.71 Å². The molecule has 0 saturated heterocycles. The fourth-order valence-electron chi connectivity index (χ4n) is 7.60. The van der Waals surface area contributed by atoms with Crippen molar-refractivity contribution in [2.75, 3.05) is 0 Å². The van der Waals surface area contributed by atoms with Crippen LogP contribution in [0, 0.1) is 18.5 Å². The number of rotatable bonds is 4. The number of fused-ring (bicyclic) bond motifs is 9. The van der Waals surface area contributed by atoms with E-state index in [-0.39, 0.29) is 27.8 Å². The fraction of sp³-hybridized carbons (Fsp3) is 0.0233. The van der Waals surface area contributed by atoms with E-state index >= 15 is 0 Å². The van der Waals surface area contributed by atoms with Crippen molar-refractivity contribution >= 4 is 56.1 Å². The monoisotopic (exact) mass is 854 g/mol. The molecule has 0 spiro atoms. The molecule has 0 unspecified atom stereocenters. The van der Waals surface area contributed by atoms with E-state index in [1.165, 1.54) is 4.57 Å². The maximum atomic E-state index is 8.03. The predicted octanol–water partition coefficient (Wildman–Crippen LogP) is 6.87. The van der Waals surface area contributed by atoms with Crippen molar-refractivity contribution in [3.05, 3.63) is 152 Å². The summed E-state index contributed by atoms with van der Waals surface area (Å²) in [7, 11) is 0. The fourth-order valence-corrected chi connectivity index (χ4v) is 7.60. The van der Waals surface area contributed by atoms with E-state index in [1.807, 2.05) is 72.8 Å². The van der Waals surface area contributed by atoms with E-state index in [9.17, 15) is 0 Å². The second-order valence-corrected chi connectivity index (χ2v) is 12.6. The summed E-state index contributed by atoms with van der Waals surface area (Å²) in [5.41, 5.74) is 7.29. The molecule has 7 nitrogen and oxygen atoms in total. The molecule has 250 valence electrons. The average molecular weight is 855 g/mol. The number of pyridine rings is 1. The molecule has 5 heterocycles. The Hall–Kier alpha value is -6.11. The minimum atomic E-state index is -2.40. The summed E-state index contributed by atoms with van der Waals surface area (Å²) >= 11 is 0. The van der Waals surface area contributed by atoms with Crippen molar-refractivity contribution in [2.24, 2.45) is 6.98 Å². The Morgan fingerprint density at radius 3 is 2.25 bits per heavy atom. The topological polar surface area (TPSA) is 54.3 Å². The first kappa shape index (κ1) is 27.6. The smallest absolute Gasteiger partial charge is 0.260 e. The van der Waals surface area contributed by atoms with Crippen LogP contribution in [0.1, 0.15) is 4.11 Å². The van der Waals surface area contributed by atoms with Gasteiger partial charge in [0.2, 0.25) is 6.33 Å². The first-order valence-electron chi connectivity index (χ1n) is 18.1. The van der Waals surface area contributed by atoms with Crippen molar-refractivity contribution in [1.82, 2.24) is 14.1 Å².